The first kappa shape index (κ1) is 32.1. The molecular formula is C27H47N3O5S. The van der Waals surface area contributed by atoms with Crippen LogP contribution in [0.4, 0.5) is 0 Å². The van der Waals surface area contributed by atoms with Gasteiger partial charge in [-0.2, -0.15) is 0 Å². The third kappa shape index (κ3) is 11.4. The number of carbonyl (C=O) groups is 2. The minimum atomic E-state index is -4.66. The van der Waals surface area contributed by atoms with Crippen molar-refractivity contribution in [1.82, 2.24) is 10.6 Å². The molecule has 2 rings (SSSR count). The third-order valence-corrected chi connectivity index (χ3v) is 7.66. The van der Waals surface area contributed by atoms with E-state index in [0.29, 0.717) is 0 Å². The van der Waals surface area contributed by atoms with Gasteiger partial charge in [0.15, 0.2) is 0 Å². The first-order valence-corrected chi connectivity index (χ1v) is 15.0. The Labute approximate surface area is 218 Å². The molecule has 1 aliphatic rings. The van der Waals surface area contributed by atoms with Gasteiger partial charge in [-0.05, 0) is 31.2 Å². The van der Waals surface area contributed by atoms with Gasteiger partial charge in [-0.25, -0.2) is 8.42 Å². The molecule has 1 fully saturated rings. The number of amides is 2. The predicted octanol–water partition coefficient (Wildman–Crippen LogP) is 3.72. The van der Waals surface area contributed by atoms with Gasteiger partial charge < -0.3 is 19.7 Å². The second-order valence-electron chi connectivity index (χ2n) is 9.78. The lowest BCUT2D eigenvalue weighted by molar-refractivity contribution is -0.929. The molecule has 2 N–H and O–H groups in total. The smallest absolute Gasteiger partial charge is 0.246 e. The summed E-state index contributed by atoms with van der Waals surface area (Å²) in [4.78, 5) is 22.8. The highest BCUT2D eigenvalue weighted by Crippen LogP contribution is 2.16. The van der Waals surface area contributed by atoms with Crippen LogP contribution in [0.2, 0.25) is 0 Å². The van der Waals surface area contributed by atoms with E-state index < -0.39 is 33.3 Å². The van der Waals surface area contributed by atoms with Gasteiger partial charge in [0.1, 0.15) is 21.5 Å². The van der Waals surface area contributed by atoms with Crippen LogP contribution in [0.1, 0.15) is 84.6 Å². The fourth-order valence-corrected chi connectivity index (χ4v) is 5.17. The lowest BCUT2D eigenvalue weighted by Gasteiger charge is -2.39. The molecule has 1 aromatic carbocycles. The van der Waals surface area contributed by atoms with Crippen LogP contribution in [0.3, 0.4) is 0 Å². The normalized spacial score (nSPS) is 17.4. The van der Waals surface area contributed by atoms with Crippen LogP contribution < -0.4 is 10.6 Å². The van der Waals surface area contributed by atoms with Crippen molar-refractivity contribution in [1.29, 1.82) is 0 Å². The minimum absolute atomic E-state index is 0.0102. The second-order valence-corrected chi connectivity index (χ2v) is 11.3. The van der Waals surface area contributed by atoms with Crippen molar-refractivity contribution < 1.29 is 27.0 Å². The van der Waals surface area contributed by atoms with Crippen LogP contribution in [-0.2, 0) is 26.1 Å². The Morgan fingerprint density at radius 1 is 0.889 bits per heavy atom. The van der Waals surface area contributed by atoms with Crippen molar-refractivity contribution >= 4 is 21.9 Å². The zero-order chi connectivity index (χ0) is 27.0. The van der Waals surface area contributed by atoms with Crippen molar-refractivity contribution in [2.75, 3.05) is 26.2 Å². The van der Waals surface area contributed by atoms with E-state index in [1.165, 1.54) is 82.0 Å². The molecule has 0 saturated carbocycles. The molecule has 2 amide bonds. The standard InChI is InChI=1S/C16H36N.C11H12N2O5S/c1-5-9-13-17(14-10-6-2,15-11-7-3)16-12-8-4;14-8(6-7-4-2-1-3-5-7)12-9-10(15)13-11(9)19(16,17)18/h5-16H2,1-4H3;1-5,9,11H,6H2,(H,12,14)(H,13,15)(H,16,17,18)/q+1;/p-1/t;9-,11-/m.1/s1. The van der Waals surface area contributed by atoms with Gasteiger partial charge in [0.05, 0.1) is 32.6 Å². The summed E-state index contributed by atoms with van der Waals surface area (Å²) in [6.45, 7) is 15.0. The van der Waals surface area contributed by atoms with Crippen molar-refractivity contribution in [2.45, 2.75) is 96.9 Å². The number of nitrogens with one attached hydrogen (secondary N) is 2. The van der Waals surface area contributed by atoms with E-state index in [-0.39, 0.29) is 6.42 Å². The van der Waals surface area contributed by atoms with Gasteiger partial charge in [0.2, 0.25) is 11.8 Å². The van der Waals surface area contributed by atoms with Crippen LogP contribution in [-0.4, -0.2) is 66.9 Å². The third-order valence-electron chi connectivity index (χ3n) is 6.65. The van der Waals surface area contributed by atoms with E-state index >= 15 is 0 Å². The number of β-lactam (4-membered cyclic amide) rings is 1. The summed E-state index contributed by atoms with van der Waals surface area (Å²) in [7, 11) is -4.66. The van der Waals surface area contributed by atoms with E-state index in [9.17, 15) is 22.6 Å². The minimum Gasteiger partial charge on any atom is -0.746 e. The highest BCUT2D eigenvalue weighted by molar-refractivity contribution is 7.86. The lowest BCUT2D eigenvalue weighted by Crippen LogP contribution is -2.71. The van der Waals surface area contributed by atoms with Gasteiger partial charge in [-0.1, -0.05) is 83.7 Å². The zero-order valence-corrected chi connectivity index (χ0v) is 23.4. The molecule has 8 nitrogen and oxygen atoms in total. The van der Waals surface area contributed by atoms with E-state index in [0.717, 1.165) is 5.56 Å². The van der Waals surface area contributed by atoms with Crippen LogP contribution in [0, 0.1) is 0 Å². The molecule has 1 aromatic rings. The Morgan fingerprint density at radius 2 is 1.33 bits per heavy atom. The Bertz CT molecular complexity index is 839. The Morgan fingerprint density at radius 3 is 1.69 bits per heavy atom. The van der Waals surface area contributed by atoms with Crippen molar-refractivity contribution in [2.24, 2.45) is 0 Å². The summed E-state index contributed by atoms with van der Waals surface area (Å²) in [5.41, 5.74) is 0.723. The predicted molar refractivity (Wildman–Crippen MR) is 143 cm³/mol. The first-order chi connectivity index (χ1) is 17.1. The van der Waals surface area contributed by atoms with Crippen molar-refractivity contribution in [3.63, 3.8) is 0 Å². The van der Waals surface area contributed by atoms with Crippen LogP contribution in [0.25, 0.3) is 0 Å². The fourth-order valence-electron chi connectivity index (χ4n) is 4.39. The summed E-state index contributed by atoms with van der Waals surface area (Å²) in [6.07, 6.45) is 11.1. The molecule has 9 heteroatoms. The maximum atomic E-state index is 11.6. The molecule has 0 aliphatic carbocycles. The summed E-state index contributed by atoms with van der Waals surface area (Å²) in [5, 5.41) is 2.61. The molecule has 1 heterocycles. The number of hydrogen-bond acceptors (Lipinski definition) is 5. The summed E-state index contributed by atoms with van der Waals surface area (Å²) in [5.74, 6) is -1.19. The van der Waals surface area contributed by atoms with Gasteiger partial charge in [0.25, 0.3) is 0 Å². The molecule has 36 heavy (non-hydrogen) atoms. The number of unbranched alkanes of at least 4 members (excludes halogenated alkanes) is 4. The molecule has 0 radical (unpaired) electrons. The molecule has 2 atom stereocenters. The average Bonchev–Trinajstić information content (AvgIpc) is 2.85. The quantitative estimate of drug-likeness (QED) is 0.194. The molecule has 0 unspecified atom stereocenters. The molecule has 0 spiro atoms. The van der Waals surface area contributed by atoms with Gasteiger partial charge in [-0.15, -0.1) is 0 Å². The van der Waals surface area contributed by atoms with Crippen LogP contribution in [0.5, 0.6) is 0 Å². The molecular weight excluding hydrogens is 478 g/mol. The number of nitrogens with zero attached hydrogens (tertiary/aromatic N) is 1. The van der Waals surface area contributed by atoms with Crippen molar-refractivity contribution in [3.05, 3.63) is 35.9 Å². The van der Waals surface area contributed by atoms with Gasteiger partial charge in [0, 0.05) is 0 Å². The molecule has 0 aromatic heterocycles. The maximum absolute atomic E-state index is 11.6. The average molecular weight is 526 g/mol. The SMILES string of the molecule is CCCC[N+](CCCC)(CCCC)CCCC.O=C(Cc1ccccc1)N[C@@H]1C(=O)N[C@@H]1S(=O)(=O)[O-]. The van der Waals surface area contributed by atoms with Gasteiger partial charge >= 0.3 is 0 Å². The maximum Gasteiger partial charge on any atom is 0.246 e. The van der Waals surface area contributed by atoms with E-state index in [2.05, 4.69) is 33.0 Å². The first-order valence-electron chi connectivity index (χ1n) is 13.6. The largest absolute Gasteiger partial charge is 0.746 e. The molecule has 0 bridgehead atoms. The topological polar surface area (TPSA) is 115 Å². The fraction of sp³-hybridized carbons (Fsp3) is 0.704. The van der Waals surface area contributed by atoms with E-state index in [1.807, 2.05) is 5.32 Å². The van der Waals surface area contributed by atoms with Gasteiger partial charge in [-0.3, -0.25) is 9.59 Å². The van der Waals surface area contributed by atoms with E-state index in [1.54, 1.807) is 30.3 Å². The Balaban J connectivity index is 0.000000363. The Kier molecular flexibility index (Phi) is 14.9. The van der Waals surface area contributed by atoms with Crippen LogP contribution in [0.15, 0.2) is 30.3 Å². The number of benzene rings is 1. The highest BCUT2D eigenvalue weighted by atomic mass is 32.2. The number of hydrogen-bond donors (Lipinski definition) is 2. The van der Waals surface area contributed by atoms with Crippen molar-refractivity contribution in [3.8, 4) is 0 Å². The number of quaternary nitrogens is 1. The van der Waals surface area contributed by atoms with Crippen LogP contribution >= 0.6 is 0 Å². The monoisotopic (exact) mass is 525 g/mol. The summed E-state index contributed by atoms with van der Waals surface area (Å²) in [6, 6.07) is 7.44. The summed E-state index contributed by atoms with van der Waals surface area (Å²) < 4.78 is 33.8. The zero-order valence-electron chi connectivity index (χ0n) is 22.6. The second kappa shape index (κ2) is 16.7. The molecule has 1 aliphatic heterocycles. The highest BCUT2D eigenvalue weighted by Gasteiger charge is 2.44. The lowest BCUT2D eigenvalue weighted by atomic mass is 10.1. The Hall–Kier alpha value is -1.97. The number of rotatable bonds is 16. The molecule has 206 valence electrons. The number of carbonyl (C=O) groups excluding carboxylic acids is 2. The van der Waals surface area contributed by atoms with E-state index in [4.69, 9.17) is 0 Å². The molecule has 1 saturated heterocycles. The summed E-state index contributed by atoms with van der Waals surface area (Å²) >= 11 is 0.